The fourth-order valence-electron chi connectivity index (χ4n) is 3.46. The van der Waals surface area contributed by atoms with Crippen molar-refractivity contribution in [1.29, 1.82) is 0 Å². The van der Waals surface area contributed by atoms with Crippen molar-refractivity contribution in [2.24, 2.45) is 11.0 Å². The van der Waals surface area contributed by atoms with Gasteiger partial charge in [0, 0.05) is 4.47 Å². The quantitative estimate of drug-likeness (QED) is 0.400. The van der Waals surface area contributed by atoms with E-state index in [4.69, 9.17) is 12.2 Å². The van der Waals surface area contributed by atoms with Gasteiger partial charge in [0.25, 0.3) is 17.7 Å². The van der Waals surface area contributed by atoms with Crippen LogP contribution in [0.2, 0.25) is 0 Å². The lowest BCUT2D eigenvalue weighted by Crippen LogP contribution is -2.54. The summed E-state index contributed by atoms with van der Waals surface area (Å²) in [6.45, 7) is 3.53. The topological polar surface area (TPSA) is 82.1 Å². The summed E-state index contributed by atoms with van der Waals surface area (Å²) in [5.74, 6) is -2.39. The summed E-state index contributed by atoms with van der Waals surface area (Å²) in [6, 6.07) is 14.3. The molecule has 2 aromatic rings. The summed E-state index contributed by atoms with van der Waals surface area (Å²) in [7, 11) is 0. The second-order valence-corrected chi connectivity index (χ2v) is 8.42. The largest absolute Gasteiger partial charge is 0.298 e. The van der Waals surface area contributed by atoms with Crippen LogP contribution in [0.25, 0.3) is 0 Å². The van der Waals surface area contributed by atoms with E-state index in [2.05, 4.69) is 26.3 Å². The molecule has 2 aromatic carbocycles. The Morgan fingerprint density at radius 1 is 1.10 bits per heavy atom. The Bertz CT molecular complexity index is 1190. The maximum absolute atomic E-state index is 13.3. The van der Waals surface area contributed by atoms with E-state index in [0.29, 0.717) is 17.1 Å². The van der Waals surface area contributed by atoms with E-state index in [9.17, 15) is 14.4 Å². The fraction of sp³-hybridized carbons (Fsp3) is 0.136. The molecule has 156 valence electrons. The van der Waals surface area contributed by atoms with Crippen LogP contribution >= 0.6 is 28.1 Å². The standard InChI is InChI=1S/C22H17BrN4O3S/c1-12-10-14(23)8-9-18(12)26-20(29)17(19(28)24-22(26)31)11-16-13(2)25-27(21(16)30)15-6-4-3-5-7-15/h3-11,16H,1-2H3,(H,24,28,31)/b17-11+/t16-/m0/s1. The Morgan fingerprint density at radius 2 is 1.81 bits per heavy atom. The summed E-state index contributed by atoms with van der Waals surface area (Å²) in [4.78, 5) is 40.1. The highest BCUT2D eigenvalue weighted by atomic mass is 79.9. The lowest BCUT2D eigenvalue weighted by Gasteiger charge is -2.30. The lowest BCUT2D eigenvalue weighted by atomic mass is 9.98. The van der Waals surface area contributed by atoms with Gasteiger partial charge in [-0.05, 0) is 68.0 Å². The molecule has 3 amide bonds. The first-order chi connectivity index (χ1) is 14.8. The lowest BCUT2D eigenvalue weighted by molar-refractivity contribution is -0.122. The predicted molar refractivity (Wildman–Crippen MR) is 126 cm³/mol. The number of halogens is 1. The summed E-state index contributed by atoms with van der Waals surface area (Å²) >= 11 is 8.65. The molecule has 0 radical (unpaired) electrons. The Kier molecular flexibility index (Phi) is 5.55. The van der Waals surface area contributed by atoms with Gasteiger partial charge in [0.15, 0.2) is 5.11 Å². The van der Waals surface area contributed by atoms with E-state index in [-0.39, 0.29) is 16.6 Å². The number of nitrogens with zero attached hydrogens (tertiary/aromatic N) is 3. The molecule has 0 aromatic heterocycles. The van der Waals surface area contributed by atoms with Crippen LogP contribution in [0.3, 0.4) is 0 Å². The highest BCUT2D eigenvalue weighted by Crippen LogP contribution is 2.29. The molecule has 2 aliphatic rings. The van der Waals surface area contributed by atoms with Gasteiger partial charge in [0.2, 0.25) is 0 Å². The average molecular weight is 497 g/mol. The second-order valence-electron chi connectivity index (χ2n) is 7.12. The molecule has 1 saturated heterocycles. The maximum Gasteiger partial charge on any atom is 0.269 e. The van der Waals surface area contributed by atoms with E-state index in [1.165, 1.54) is 16.0 Å². The van der Waals surface area contributed by atoms with Crippen LogP contribution < -0.4 is 15.2 Å². The van der Waals surface area contributed by atoms with Gasteiger partial charge in [-0.3, -0.25) is 24.6 Å². The van der Waals surface area contributed by atoms with Crippen molar-refractivity contribution < 1.29 is 14.4 Å². The minimum absolute atomic E-state index is 0.00776. The number of amides is 3. The first kappa shape index (κ1) is 21.1. The number of thiocarbonyl (C=S) groups is 1. The summed E-state index contributed by atoms with van der Waals surface area (Å²) in [5, 5.41) is 8.14. The number of carbonyl (C=O) groups is 3. The third-order valence-corrected chi connectivity index (χ3v) is 5.80. The van der Waals surface area contributed by atoms with E-state index in [0.717, 1.165) is 10.0 Å². The van der Waals surface area contributed by atoms with Crippen molar-refractivity contribution in [2.75, 3.05) is 9.91 Å². The molecule has 0 saturated carbocycles. The number of carbonyl (C=O) groups excluding carboxylic acids is 3. The Labute approximate surface area is 192 Å². The molecule has 0 bridgehead atoms. The van der Waals surface area contributed by atoms with Gasteiger partial charge in [0.1, 0.15) is 5.57 Å². The molecule has 1 N–H and O–H groups in total. The SMILES string of the molecule is CC1=NN(c2ccccc2)C(=O)[C@H]1/C=C1\C(=O)NC(=S)N(c2ccc(Br)cc2C)C1=O. The predicted octanol–water partition coefficient (Wildman–Crippen LogP) is 3.47. The van der Waals surface area contributed by atoms with Gasteiger partial charge in [-0.15, -0.1) is 0 Å². The van der Waals surface area contributed by atoms with Gasteiger partial charge in [-0.25, -0.2) is 0 Å². The zero-order valence-electron chi connectivity index (χ0n) is 16.6. The van der Waals surface area contributed by atoms with Gasteiger partial charge in [0.05, 0.1) is 23.0 Å². The number of anilines is 2. The third-order valence-electron chi connectivity index (χ3n) is 5.02. The Morgan fingerprint density at radius 3 is 2.48 bits per heavy atom. The molecule has 9 heteroatoms. The first-order valence-corrected chi connectivity index (χ1v) is 10.6. The highest BCUT2D eigenvalue weighted by molar-refractivity contribution is 9.10. The van der Waals surface area contributed by atoms with Gasteiger partial charge in [-0.1, -0.05) is 34.1 Å². The number of rotatable bonds is 3. The zero-order chi connectivity index (χ0) is 22.3. The van der Waals surface area contributed by atoms with Crippen molar-refractivity contribution in [2.45, 2.75) is 13.8 Å². The van der Waals surface area contributed by atoms with Crippen LogP contribution in [0, 0.1) is 12.8 Å². The fourth-order valence-corrected chi connectivity index (χ4v) is 4.21. The minimum Gasteiger partial charge on any atom is -0.298 e. The molecule has 1 atom stereocenters. The third kappa shape index (κ3) is 3.82. The van der Waals surface area contributed by atoms with Crippen molar-refractivity contribution >= 4 is 68.1 Å². The molecule has 7 nitrogen and oxygen atoms in total. The molecule has 31 heavy (non-hydrogen) atoms. The molecule has 1 fully saturated rings. The number of para-hydroxylation sites is 1. The first-order valence-electron chi connectivity index (χ1n) is 9.40. The normalized spacial score (nSPS) is 20.4. The van der Waals surface area contributed by atoms with Crippen LogP contribution in [0.5, 0.6) is 0 Å². The minimum atomic E-state index is -0.829. The van der Waals surface area contributed by atoms with Crippen LogP contribution in [-0.4, -0.2) is 28.5 Å². The monoisotopic (exact) mass is 496 g/mol. The Hall–Kier alpha value is -3.17. The summed E-state index contributed by atoms with van der Waals surface area (Å²) < 4.78 is 0.855. The van der Waals surface area contributed by atoms with E-state index in [1.807, 2.05) is 19.1 Å². The Balaban J connectivity index is 1.69. The van der Waals surface area contributed by atoms with Crippen molar-refractivity contribution in [3.8, 4) is 0 Å². The molecule has 0 spiro atoms. The molecule has 4 rings (SSSR count). The van der Waals surface area contributed by atoms with Crippen molar-refractivity contribution in [1.82, 2.24) is 5.32 Å². The van der Waals surface area contributed by atoms with Crippen LogP contribution in [-0.2, 0) is 14.4 Å². The number of hydrazone groups is 1. The van der Waals surface area contributed by atoms with Crippen molar-refractivity contribution in [3.05, 3.63) is 70.2 Å². The summed E-state index contributed by atoms with van der Waals surface area (Å²) in [5.41, 5.74) is 2.30. The van der Waals surface area contributed by atoms with Gasteiger partial charge >= 0.3 is 0 Å². The van der Waals surface area contributed by atoms with Crippen LogP contribution in [0.1, 0.15) is 12.5 Å². The number of hydrogen-bond donors (Lipinski definition) is 1. The number of nitrogens with one attached hydrogen (secondary N) is 1. The molecule has 2 heterocycles. The van der Waals surface area contributed by atoms with Crippen LogP contribution in [0.15, 0.2) is 69.8 Å². The van der Waals surface area contributed by atoms with Crippen LogP contribution in [0.4, 0.5) is 11.4 Å². The smallest absolute Gasteiger partial charge is 0.269 e. The number of aryl methyl sites for hydroxylation is 1. The molecular weight excluding hydrogens is 480 g/mol. The molecule has 0 aliphatic carbocycles. The van der Waals surface area contributed by atoms with E-state index < -0.39 is 17.7 Å². The molecule has 2 aliphatic heterocycles. The second kappa shape index (κ2) is 8.16. The van der Waals surface area contributed by atoms with Crippen molar-refractivity contribution in [3.63, 3.8) is 0 Å². The zero-order valence-corrected chi connectivity index (χ0v) is 19.0. The highest BCUT2D eigenvalue weighted by Gasteiger charge is 2.39. The number of hydrogen-bond acceptors (Lipinski definition) is 5. The van der Waals surface area contributed by atoms with Gasteiger partial charge in [-0.2, -0.15) is 10.1 Å². The maximum atomic E-state index is 13.3. The number of benzene rings is 2. The average Bonchev–Trinajstić information content (AvgIpc) is 3.01. The van der Waals surface area contributed by atoms with Gasteiger partial charge < -0.3 is 0 Å². The van der Waals surface area contributed by atoms with E-state index in [1.54, 1.807) is 43.3 Å². The molecule has 0 unspecified atom stereocenters. The van der Waals surface area contributed by atoms with E-state index >= 15 is 0 Å². The molecular formula is C22H17BrN4O3S. The summed E-state index contributed by atoms with van der Waals surface area (Å²) in [6.07, 6.45) is 1.37.